The zero-order chi connectivity index (χ0) is 18.7. The number of carbonyl (C=O) groups is 1. The van der Waals surface area contributed by atoms with Gasteiger partial charge in [0.15, 0.2) is 0 Å². The van der Waals surface area contributed by atoms with Crippen molar-refractivity contribution in [1.29, 1.82) is 0 Å². The van der Waals surface area contributed by atoms with E-state index in [4.69, 9.17) is 9.15 Å². The lowest BCUT2D eigenvalue weighted by Crippen LogP contribution is -2.05. The molecule has 1 aromatic rings. The molecule has 0 amide bonds. The molecule has 3 nitrogen and oxygen atoms in total. The molecule has 26 heavy (non-hydrogen) atoms. The Morgan fingerprint density at radius 1 is 0.885 bits per heavy atom. The minimum absolute atomic E-state index is 0.287. The van der Waals surface area contributed by atoms with Crippen LogP contribution in [0.1, 0.15) is 107 Å². The summed E-state index contributed by atoms with van der Waals surface area (Å²) in [6, 6.07) is 3.32. The highest BCUT2D eigenvalue weighted by atomic mass is 16.5. The van der Waals surface area contributed by atoms with E-state index in [1.165, 1.54) is 83.3 Å². The summed E-state index contributed by atoms with van der Waals surface area (Å²) in [4.78, 5) is 11.5. The predicted molar refractivity (Wildman–Crippen MR) is 108 cm³/mol. The number of unbranched alkanes of at least 4 members (excludes halogenated alkanes) is 12. The van der Waals surface area contributed by atoms with Crippen LogP contribution in [-0.2, 0) is 4.74 Å². The SMILES string of the molecule is CCCCCCCC/C=C\CCCCCCCCOC(=O)c1ccco1. The van der Waals surface area contributed by atoms with Crippen LogP contribution in [0, 0.1) is 0 Å². The third-order valence-electron chi connectivity index (χ3n) is 4.61. The van der Waals surface area contributed by atoms with E-state index >= 15 is 0 Å². The van der Waals surface area contributed by atoms with Crippen molar-refractivity contribution in [2.24, 2.45) is 0 Å². The number of carbonyl (C=O) groups excluding carboxylic acids is 1. The van der Waals surface area contributed by atoms with Crippen molar-refractivity contribution in [1.82, 2.24) is 0 Å². The van der Waals surface area contributed by atoms with Gasteiger partial charge in [0.05, 0.1) is 12.9 Å². The normalized spacial score (nSPS) is 11.3. The van der Waals surface area contributed by atoms with Crippen LogP contribution < -0.4 is 0 Å². The summed E-state index contributed by atoms with van der Waals surface area (Å²) in [5.74, 6) is -0.0719. The molecule has 0 spiro atoms. The molecular formula is C23H38O3. The van der Waals surface area contributed by atoms with Gasteiger partial charge in [-0.3, -0.25) is 0 Å². The highest BCUT2D eigenvalue weighted by Crippen LogP contribution is 2.10. The number of ether oxygens (including phenoxy) is 1. The van der Waals surface area contributed by atoms with Crippen LogP contribution in [0.4, 0.5) is 0 Å². The Labute approximate surface area is 160 Å². The topological polar surface area (TPSA) is 39.4 Å². The third kappa shape index (κ3) is 12.8. The first-order chi connectivity index (χ1) is 12.8. The van der Waals surface area contributed by atoms with Crippen LogP contribution in [0.15, 0.2) is 35.0 Å². The van der Waals surface area contributed by atoms with Crippen LogP contribution in [0.2, 0.25) is 0 Å². The predicted octanol–water partition coefficient (Wildman–Crippen LogP) is 7.47. The van der Waals surface area contributed by atoms with E-state index in [1.54, 1.807) is 12.1 Å². The average molecular weight is 363 g/mol. The lowest BCUT2D eigenvalue weighted by atomic mass is 10.1. The summed E-state index contributed by atoms with van der Waals surface area (Å²) in [6.07, 6.45) is 24.1. The van der Waals surface area contributed by atoms with E-state index in [2.05, 4.69) is 19.1 Å². The summed E-state index contributed by atoms with van der Waals surface area (Å²) < 4.78 is 10.2. The van der Waals surface area contributed by atoms with Crippen LogP contribution in [0.25, 0.3) is 0 Å². The standard InChI is InChI=1S/C23H38O3/c1-2-3-4-5-6-7-8-9-10-11-12-13-14-15-16-17-20-26-23(24)22-19-18-21-25-22/h9-10,18-19,21H,2-8,11-17,20H2,1H3/b10-9-. The summed E-state index contributed by atoms with van der Waals surface area (Å²) in [5.41, 5.74) is 0. The lowest BCUT2D eigenvalue weighted by molar-refractivity contribution is 0.0461. The average Bonchev–Trinajstić information content (AvgIpc) is 3.19. The van der Waals surface area contributed by atoms with Gasteiger partial charge in [-0.1, -0.05) is 76.9 Å². The smallest absolute Gasteiger partial charge is 0.374 e. The fraction of sp³-hybridized carbons (Fsp3) is 0.696. The van der Waals surface area contributed by atoms with Gasteiger partial charge in [0.1, 0.15) is 0 Å². The van der Waals surface area contributed by atoms with Crippen molar-refractivity contribution in [2.75, 3.05) is 6.61 Å². The van der Waals surface area contributed by atoms with Crippen molar-refractivity contribution in [3.63, 3.8) is 0 Å². The molecule has 0 fully saturated rings. The highest BCUT2D eigenvalue weighted by molar-refractivity contribution is 5.86. The summed E-state index contributed by atoms with van der Waals surface area (Å²) in [6.45, 7) is 2.75. The van der Waals surface area contributed by atoms with Gasteiger partial charge in [0.2, 0.25) is 5.76 Å². The molecule has 0 saturated heterocycles. The molecule has 0 radical (unpaired) electrons. The number of furan rings is 1. The minimum Gasteiger partial charge on any atom is -0.460 e. The number of esters is 1. The molecule has 1 heterocycles. The quantitative estimate of drug-likeness (QED) is 0.164. The van der Waals surface area contributed by atoms with Crippen molar-refractivity contribution in [3.05, 3.63) is 36.3 Å². The van der Waals surface area contributed by atoms with Gasteiger partial charge in [-0.2, -0.15) is 0 Å². The van der Waals surface area contributed by atoms with Crippen LogP contribution in [0.3, 0.4) is 0 Å². The van der Waals surface area contributed by atoms with Gasteiger partial charge >= 0.3 is 5.97 Å². The fourth-order valence-corrected chi connectivity index (χ4v) is 2.98. The van der Waals surface area contributed by atoms with E-state index in [0.717, 1.165) is 12.8 Å². The Morgan fingerprint density at radius 2 is 1.46 bits per heavy atom. The largest absolute Gasteiger partial charge is 0.460 e. The molecule has 1 aromatic heterocycles. The van der Waals surface area contributed by atoms with E-state index in [1.807, 2.05) is 0 Å². The maximum atomic E-state index is 11.5. The van der Waals surface area contributed by atoms with Gasteiger partial charge in [-0.05, 0) is 44.2 Å². The molecule has 3 heteroatoms. The Morgan fingerprint density at radius 3 is 2.04 bits per heavy atom. The molecule has 0 unspecified atom stereocenters. The molecule has 0 aliphatic rings. The first kappa shape index (κ1) is 22.5. The first-order valence-electron chi connectivity index (χ1n) is 10.7. The monoisotopic (exact) mass is 362 g/mol. The number of rotatable bonds is 17. The van der Waals surface area contributed by atoms with Gasteiger partial charge in [0.25, 0.3) is 0 Å². The molecule has 0 N–H and O–H groups in total. The van der Waals surface area contributed by atoms with Crippen molar-refractivity contribution >= 4 is 5.97 Å². The van der Waals surface area contributed by atoms with E-state index in [0.29, 0.717) is 6.61 Å². The van der Waals surface area contributed by atoms with Gasteiger partial charge in [-0.25, -0.2) is 4.79 Å². The maximum Gasteiger partial charge on any atom is 0.374 e. The fourth-order valence-electron chi connectivity index (χ4n) is 2.98. The second kappa shape index (κ2) is 16.9. The van der Waals surface area contributed by atoms with Gasteiger partial charge < -0.3 is 9.15 Å². The molecule has 0 bridgehead atoms. The molecule has 0 aliphatic carbocycles. The minimum atomic E-state index is -0.359. The molecule has 0 aliphatic heterocycles. The number of hydrogen-bond donors (Lipinski definition) is 0. The second-order valence-electron chi connectivity index (χ2n) is 7.05. The molecule has 0 atom stereocenters. The van der Waals surface area contributed by atoms with Gasteiger partial charge in [-0.15, -0.1) is 0 Å². The molecule has 0 aromatic carbocycles. The zero-order valence-electron chi connectivity index (χ0n) is 16.7. The summed E-state index contributed by atoms with van der Waals surface area (Å²) >= 11 is 0. The van der Waals surface area contributed by atoms with Crippen LogP contribution in [-0.4, -0.2) is 12.6 Å². The zero-order valence-corrected chi connectivity index (χ0v) is 16.7. The molecule has 148 valence electrons. The number of allylic oxidation sites excluding steroid dienone is 2. The summed E-state index contributed by atoms with van der Waals surface area (Å²) in [5, 5.41) is 0. The van der Waals surface area contributed by atoms with E-state index < -0.39 is 0 Å². The Balaban J connectivity index is 1.76. The molecular weight excluding hydrogens is 324 g/mol. The van der Waals surface area contributed by atoms with Crippen molar-refractivity contribution in [3.8, 4) is 0 Å². The number of hydrogen-bond acceptors (Lipinski definition) is 3. The highest BCUT2D eigenvalue weighted by Gasteiger charge is 2.08. The van der Waals surface area contributed by atoms with E-state index in [-0.39, 0.29) is 11.7 Å². The Kier molecular flexibility index (Phi) is 14.7. The second-order valence-corrected chi connectivity index (χ2v) is 7.05. The lowest BCUT2D eigenvalue weighted by Gasteiger charge is -2.03. The summed E-state index contributed by atoms with van der Waals surface area (Å²) in [7, 11) is 0. The molecule has 1 rings (SSSR count). The Hall–Kier alpha value is -1.51. The van der Waals surface area contributed by atoms with Crippen LogP contribution in [0.5, 0.6) is 0 Å². The Bertz CT molecular complexity index is 448. The van der Waals surface area contributed by atoms with Gasteiger partial charge in [0, 0.05) is 0 Å². The van der Waals surface area contributed by atoms with Crippen molar-refractivity contribution < 1.29 is 13.9 Å². The maximum absolute atomic E-state index is 11.5. The van der Waals surface area contributed by atoms with Crippen molar-refractivity contribution in [2.45, 2.75) is 96.8 Å². The first-order valence-corrected chi connectivity index (χ1v) is 10.7. The van der Waals surface area contributed by atoms with Crippen LogP contribution >= 0.6 is 0 Å². The van der Waals surface area contributed by atoms with E-state index in [9.17, 15) is 4.79 Å². The third-order valence-corrected chi connectivity index (χ3v) is 4.61. The molecule has 0 saturated carbocycles.